The van der Waals surface area contributed by atoms with E-state index in [1.807, 2.05) is 36.1 Å². The summed E-state index contributed by atoms with van der Waals surface area (Å²) in [7, 11) is 0. The number of aromatic nitrogens is 2. The third kappa shape index (κ3) is 1.64. The maximum atomic E-state index is 11.7. The first-order valence-electron chi connectivity index (χ1n) is 5.78. The first-order valence-corrected chi connectivity index (χ1v) is 5.78. The molecule has 0 spiro atoms. The van der Waals surface area contributed by atoms with E-state index in [1.165, 1.54) is 21.5 Å². The Morgan fingerprint density at radius 1 is 0.944 bits per heavy atom. The Morgan fingerprint density at radius 3 is 2.11 bits per heavy atom. The molecule has 0 saturated carbocycles. The van der Waals surface area contributed by atoms with Gasteiger partial charge in [0.1, 0.15) is 13.3 Å². The summed E-state index contributed by atoms with van der Waals surface area (Å²) in [5.41, 5.74) is 1.88. The van der Waals surface area contributed by atoms with Crippen LogP contribution in [0.2, 0.25) is 0 Å². The van der Waals surface area contributed by atoms with Gasteiger partial charge in [0.05, 0.1) is 0 Å². The van der Waals surface area contributed by atoms with Crippen molar-refractivity contribution in [3.8, 4) is 0 Å². The predicted octanol–water partition coefficient (Wildman–Crippen LogP) is 0.754. The lowest BCUT2D eigenvalue weighted by Gasteiger charge is -2.15. The monoisotopic (exact) mass is 243 g/mol. The predicted molar refractivity (Wildman–Crippen MR) is 68.6 cm³/mol. The largest absolute Gasteiger partial charge is 0.332 e. The maximum absolute atomic E-state index is 11.7. The number of hydrogen-bond acceptors (Lipinski definition) is 3. The van der Waals surface area contributed by atoms with Gasteiger partial charge >= 0.3 is 0 Å². The van der Waals surface area contributed by atoms with Crippen molar-refractivity contribution in [3.05, 3.63) is 62.7 Å². The molecule has 18 heavy (non-hydrogen) atoms. The van der Waals surface area contributed by atoms with E-state index in [-0.39, 0.29) is 11.1 Å². The quantitative estimate of drug-likeness (QED) is 0.742. The zero-order valence-corrected chi connectivity index (χ0v) is 10.0. The lowest BCUT2D eigenvalue weighted by atomic mass is 10.2. The SMILES string of the molecule is Cc1cccc(N2Cn3c(=O)ccc(=O)n3C2)c1. The van der Waals surface area contributed by atoms with Crippen LogP contribution in [0, 0.1) is 6.92 Å². The van der Waals surface area contributed by atoms with Crippen LogP contribution in [0.25, 0.3) is 0 Å². The zero-order chi connectivity index (χ0) is 12.7. The molecule has 92 valence electrons. The highest BCUT2D eigenvalue weighted by Gasteiger charge is 2.19. The summed E-state index contributed by atoms with van der Waals surface area (Å²) in [6.45, 7) is 2.85. The molecule has 0 radical (unpaired) electrons. The molecular weight excluding hydrogens is 230 g/mol. The average molecular weight is 243 g/mol. The summed E-state index contributed by atoms with van der Waals surface area (Å²) in [6.07, 6.45) is 0. The van der Waals surface area contributed by atoms with Crippen LogP contribution >= 0.6 is 0 Å². The second kappa shape index (κ2) is 3.87. The summed E-state index contributed by atoms with van der Waals surface area (Å²) in [4.78, 5) is 25.4. The van der Waals surface area contributed by atoms with Crippen LogP contribution in [0.4, 0.5) is 5.69 Å². The number of anilines is 1. The molecule has 3 rings (SSSR count). The Kier molecular flexibility index (Phi) is 2.33. The number of hydrogen-bond donors (Lipinski definition) is 0. The number of fused-ring (bicyclic) bond motifs is 1. The minimum Gasteiger partial charge on any atom is -0.332 e. The van der Waals surface area contributed by atoms with E-state index >= 15 is 0 Å². The van der Waals surface area contributed by atoms with Gasteiger partial charge in [0, 0.05) is 17.8 Å². The lowest BCUT2D eigenvalue weighted by molar-refractivity contribution is 0.548. The zero-order valence-electron chi connectivity index (χ0n) is 10.0. The molecule has 2 heterocycles. The van der Waals surface area contributed by atoms with E-state index in [2.05, 4.69) is 0 Å². The second-order valence-corrected chi connectivity index (χ2v) is 4.47. The summed E-state index contributed by atoms with van der Waals surface area (Å²) in [5, 5.41) is 0. The summed E-state index contributed by atoms with van der Waals surface area (Å²) >= 11 is 0. The van der Waals surface area contributed by atoms with Gasteiger partial charge in [-0.1, -0.05) is 12.1 Å². The highest BCUT2D eigenvalue weighted by atomic mass is 16.2. The van der Waals surface area contributed by atoms with Crippen LogP contribution in [-0.2, 0) is 13.3 Å². The summed E-state index contributed by atoms with van der Waals surface area (Å²) < 4.78 is 2.93. The van der Waals surface area contributed by atoms with Crippen molar-refractivity contribution in [2.45, 2.75) is 20.3 Å². The molecule has 1 aliphatic heterocycles. The van der Waals surface area contributed by atoms with Crippen LogP contribution in [-0.4, -0.2) is 9.36 Å². The Morgan fingerprint density at radius 2 is 1.56 bits per heavy atom. The highest BCUT2D eigenvalue weighted by Crippen LogP contribution is 2.19. The van der Waals surface area contributed by atoms with Crippen LogP contribution in [0.5, 0.6) is 0 Å². The third-order valence-corrected chi connectivity index (χ3v) is 3.14. The molecule has 0 bridgehead atoms. The fourth-order valence-electron chi connectivity index (χ4n) is 2.20. The molecular formula is C13H13N3O2. The van der Waals surface area contributed by atoms with Crippen molar-refractivity contribution < 1.29 is 0 Å². The minimum atomic E-state index is -0.148. The van der Waals surface area contributed by atoms with Gasteiger partial charge in [0.15, 0.2) is 0 Å². The van der Waals surface area contributed by atoms with E-state index in [9.17, 15) is 9.59 Å². The fourth-order valence-corrected chi connectivity index (χ4v) is 2.20. The van der Waals surface area contributed by atoms with E-state index in [4.69, 9.17) is 0 Å². The van der Waals surface area contributed by atoms with Gasteiger partial charge in [-0.3, -0.25) is 9.59 Å². The van der Waals surface area contributed by atoms with Crippen LogP contribution in [0.3, 0.4) is 0 Å². The van der Waals surface area contributed by atoms with Gasteiger partial charge in [0.25, 0.3) is 11.1 Å². The Bertz CT molecular complexity index is 676. The number of nitrogens with zero attached hydrogens (tertiary/aromatic N) is 3. The van der Waals surface area contributed by atoms with Crippen molar-refractivity contribution in [1.82, 2.24) is 9.36 Å². The molecule has 5 heteroatoms. The van der Waals surface area contributed by atoms with Gasteiger partial charge < -0.3 is 4.90 Å². The fraction of sp³-hybridized carbons (Fsp3) is 0.231. The highest BCUT2D eigenvalue weighted by molar-refractivity contribution is 5.47. The van der Waals surface area contributed by atoms with E-state index in [0.29, 0.717) is 13.3 Å². The van der Waals surface area contributed by atoms with Crippen LogP contribution in [0.15, 0.2) is 46.0 Å². The van der Waals surface area contributed by atoms with Crippen molar-refractivity contribution in [3.63, 3.8) is 0 Å². The minimum absolute atomic E-state index is 0.148. The topological polar surface area (TPSA) is 47.2 Å². The Labute approximate surface area is 103 Å². The molecule has 0 aliphatic carbocycles. The number of aryl methyl sites for hydroxylation is 1. The van der Waals surface area contributed by atoms with Gasteiger partial charge in [-0.05, 0) is 24.6 Å². The molecule has 0 N–H and O–H groups in total. The van der Waals surface area contributed by atoms with Crippen molar-refractivity contribution in [1.29, 1.82) is 0 Å². The molecule has 0 unspecified atom stereocenters. The molecule has 1 aromatic heterocycles. The molecule has 0 amide bonds. The van der Waals surface area contributed by atoms with Crippen molar-refractivity contribution in [2.24, 2.45) is 0 Å². The Balaban J connectivity index is 2.03. The molecule has 2 aromatic rings. The molecule has 1 aromatic carbocycles. The van der Waals surface area contributed by atoms with Crippen molar-refractivity contribution in [2.75, 3.05) is 4.90 Å². The smallest absolute Gasteiger partial charge is 0.267 e. The second-order valence-electron chi connectivity index (χ2n) is 4.47. The van der Waals surface area contributed by atoms with E-state index in [0.717, 1.165) is 11.3 Å². The maximum Gasteiger partial charge on any atom is 0.267 e. The standard InChI is InChI=1S/C13H13N3O2/c1-10-3-2-4-11(7-10)14-8-15-12(17)5-6-13(18)16(15)9-14/h2-7H,8-9H2,1H3. The third-order valence-electron chi connectivity index (χ3n) is 3.14. The molecule has 1 aliphatic rings. The van der Waals surface area contributed by atoms with Crippen LogP contribution < -0.4 is 16.0 Å². The first-order chi connectivity index (χ1) is 8.65. The van der Waals surface area contributed by atoms with Crippen LogP contribution in [0.1, 0.15) is 5.56 Å². The number of rotatable bonds is 1. The lowest BCUT2D eigenvalue weighted by Crippen LogP contribution is -2.32. The summed E-state index contributed by atoms with van der Waals surface area (Å²) in [6, 6.07) is 10.7. The normalized spacial score (nSPS) is 13.7. The first kappa shape index (κ1) is 10.8. The van der Waals surface area contributed by atoms with Gasteiger partial charge in [-0.15, -0.1) is 0 Å². The van der Waals surface area contributed by atoms with Gasteiger partial charge in [-0.25, -0.2) is 9.36 Å². The molecule has 0 atom stereocenters. The van der Waals surface area contributed by atoms with E-state index < -0.39 is 0 Å². The van der Waals surface area contributed by atoms with Gasteiger partial charge in [-0.2, -0.15) is 0 Å². The van der Waals surface area contributed by atoms with E-state index in [1.54, 1.807) is 0 Å². The molecule has 5 nitrogen and oxygen atoms in total. The molecule has 0 saturated heterocycles. The molecule has 0 fully saturated rings. The Hall–Kier alpha value is -2.30. The van der Waals surface area contributed by atoms with Crippen molar-refractivity contribution >= 4 is 5.69 Å². The van der Waals surface area contributed by atoms with Gasteiger partial charge in [0.2, 0.25) is 0 Å². The average Bonchev–Trinajstić information content (AvgIpc) is 2.80. The summed E-state index contributed by atoms with van der Waals surface area (Å²) in [5.74, 6) is 0. The number of benzene rings is 1.